The normalized spacial score (nSPS) is 27.6. The summed E-state index contributed by atoms with van der Waals surface area (Å²) in [6.45, 7) is 0. The van der Waals surface area contributed by atoms with Gasteiger partial charge in [-0.3, -0.25) is 5.41 Å². The van der Waals surface area contributed by atoms with Crippen LogP contribution in [0.4, 0.5) is 0 Å². The zero-order chi connectivity index (χ0) is 16.9. The molecule has 3 rings (SSSR count). The number of rotatable bonds is 0. The van der Waals surface area contributed by atoms with Crippen LogP contribution in [0.15, 0.2) is 69.8 Å². The van der Waals surface area contributed by atoms with Gasteiger partial charge in [-0.05, 0) is 24.3 Å². The van der Waals surface area contributed by atoms with Crippen molar-refractivity contribution >= 4 is 5.71 Å². The van der Waals surface area contributed by atoms with Gasteiger partial charge in [0.05, 0.1) is 40.1 Å². The van der Waals surface area contributed by atoms with Gasteiger partial charge in [-0.15, -0.1) is 0 Å². The van der Waals surface area contributed by atoms with Crippen LogP contribution in [0, 0.1) is 11.3 Å². The van der Waals surface area contributed by atoms with Crippen molar-refractivity contribution in [1.29, 1.82) is 5.41 Å². The molecule has 0 radical (unpaired) electrons. The van der Waals surface area contributed by atoms with Gasteiger partial charge in [0.1, 0.15) is 11.9 Å². The minimum absolute atomic E-state index is 0.0762. The molecule has 2 atom stereocenters. The summed E-state index contributed by atoms with van der Waals surface area (Å²) in [5.74, 6) is 0.137. The van der Waals surface area contributed by atoms with Gasteiger partial charge in [0.25, 0.3) is 0 Å². The van der Waals surface area contributed by atoms with Gasteiger partial charge in [0.15, 0.2) is 0 Å². The molecule has 0 saturated carbocycles. The zero-order valence-electron chi connectivity index (χ0n) is 12.3. The molecule has 0 bridgehead atoms. The monoisotopic (exact) mass is 313 g/mol. The van der Waals surface area contributed by atoms with Crippen molar-refractivity contribution in [3.8, 4) is 0 Å². The smallest absolute Gasteiger partial charge is 0.150 e. The topological polar surface area (TPSA) is 189 Å². The van der Waals surface area contributed by atoms with E-state index in [2.05, 4.69) is 0 Å². The van der Waals surface area contributed by atoms with E-state index in [0.717, 1.165) is 0 Å². The summed E-state index contributed by atoms with van der Waals surface area (Å²) in [4.78, 5) is 0. The Morgan fingerprint density at radius 2 is 1.43 bits per heavy atom. The van der Waals surface area contributed by atoms with Crippen LogP contribution >= 0.6 is 0 Å². The lowest BCUT2D eigenvalue weighted by molar-refractivity contribution is 0.120. The lowest BCUT2D eigenvalue weighted by Gasteiger charge is -2.34. The average molecular weight is 313 g/mol. The first kappa shape index (κ1) is 14.6. The summed E-state index contributed by atoms with van der Waals surface area (Å²) in [7, 11) is 0. The molecular weight excluding hydrogens is 294 g/mol. The second-order valence-electron chi connectivity index (χ2n) is 5.58. The van der Waals surface area contributed by atoms with Gasteiger partial charge in [0.2, 0.25) is 0 Å². The molecule has 13 N–H and O–H groups in total. The Morgan fingerprint density at radius 3 is 2.04 bits per heavy atom. The van der Waals surface area contributed by atoms with Crippen LogP contribution in [-0.2, 0) is 4.74 Å². The van der Waals surface area contributed by atoms with E-state index >= 15 is 0 Å². The molecule has 0 saturated heterocycles. The first-order chi connectivity index (χ1) is 10.8. The summed E-state index contributed by atoms with van der Waals surface area (Å²) in [5.41, 5.74) is 38.1. The molecule has 8 nitrogen and oxygen atoms in total. The van der Waals surface area contributed by atoms with E-state index < -0.39 is 6.10 Å². The van der Waals surface area contributed by atoms with Crippen molar-refractivity contribution in [2.24, 2.45) is 40.3 Å². The van der Waals surface area contributed by atoms with Crippen LogP contribution in [0.2, 0.25) is 0 Å². The van der Waals surface area contributed by atoms with E-state index in [9.17, 15) is 0 Å². The SMILES string of the molecule is N=C1C(N)=CC(=C2OC3C=C(N)C(N)=C(N)C3C=C2N)C=C1N. The van der Waals surface area contributed by atoms with Crippen molar-refractivity contribution in [1.82, 2.24) is 0 Å². The first-order valence-electron chi connectivity index (χ1n) is 6.94. The minimum Gasteiger partial charge on any atom is -0.482 e. The third kappa shape index (κ3) is 2.20. The molecule has 120 valence electrons. The highest BCUT2D eigenvalue weighted by Crippen LogP contribution is 2.35. The van der Waals surface area contributed by atoms with E-state index in [1.54, 1.807) is 24.3 Å². The van der Waals surface area contributed by atoms with Crippen LogP contribution in [0.5, 0.6) is 0 Å². The minimum atomic E-state index is -0.414. The predicted octanol–water partition coefficient (Wildman–Crippen LogP) is -1.20. The van der Waals surface area contributed by atoms with E-state index in [4.69, 9.17) is 44.5 Å². The number of nitrogens with two attached hydrogens (primary N) is 6. The zero-order valence-corrected chi connectivity index (χ0v) is 12.3. The van der Waals surface area contributed by atoms with Gasteiger partial charge in [0, 0.05) is 11.3 Å². The molecule has 0 amide bonds. The summed E-state index contributed by atoms with van der Waals surface area (Å²) < 4.78 is 5.95. The number of hydrogen-bond donors (Lipinski definition) is 7. The lowest BCUT2D eigenvalue weighted by atomic mass is 9.87. The molecule has 0 fully saturated rings. The molecule has 0 aromatic heterocycles. The second kappa shape index (κ2) is 4.87. The van der Waals surface area contributed by atoms with E-state index in [0.29, 0.717) is 34.1 Å². The molecule has 23 heavy (non-hydrogen) atoms. The molecule has 2 aliphatic carbocycles. The molecule has 3 aliphatic rings. The molecule has 0 aromatic carbocycles. The summed E-state index contributed by atoms with van der Waals surface area (Å²) >= 11 is 0. The van der Waals surface area contributed by atoms with E-state index in [-0.39, 0.29) is 23.0 Å². The highest BCUT2D eigenvalue weighted by molar-refractivity contribution is 6.11. The van der Waals surface area contributed by atoms with Crippen LogP contribution < -0.4 is 34.4 Å². The largest absolute Gasteiger partial charge is 0.482 e. The Bertz CT molecular complexity index is 771. The Labute approximate surface area is 133 Å². The Morgan fingerprint density at radius 1 is 0.826 bits per heavy atom. The van der Waals surface area contributed by atoms with E-state index in [1.165, 1.54) is 0 Å². The average Bonchev–Trinajstić information content (AvgIpc) is 2.50. The van der Waals surface area contributed by atoms with Crippen LogP contribution in [0.25, 0.3) is 0 Å². The number of allylic oxidation sites excluding steroid dienone is 3. The Hall–Kier alpha value is -3.29. The van der Waals surface area contributed by atoms with Crippen LogP contribution in [0.3, 0.4) is 0 Å². The number of hydrogen-bond acceptors (Lipinski definition) is 8. The number of nitrogens with one attached hydrogen (secondary N) is 1. The quantitative estimate of drug-likeness (QED) is 0.292. The van der Waals surface area contributed by atoms with Gasteiger partial charge in [-0.1, -0.05) is 0 Å². The summed E-state index contributed by atoms with van der Waals surface area (Å²) in [6, 6.07) is 0. The van der Waals surface area contributed by atoms with Crippen LogP contribution in [0.1, 0.15) is 0 Å². The summed E-state index contributed by atoms with van der Waals surface area (Å²) in [6.07, 6.45) is 6.25. The Balaban J connectivity index is 2.09. The fourth-order valence-electron chi connectivity index (χ4n) is 2.71. The predicted molar refractivity (Wildman–Crippen MR) is 87.6 cm³/mol. The van der Waals surface area contributed by atoms with Gasteiger partial charge >= 0.3 is 0 Å². The molecule has 0 spiro atoms. The number of fused-ring (bicyclic) bond motifs is 1. The molecule has 1 heterocycles. The maximum absolute atomic E-state index is 7.72. The molecule has 1 aliphatic heterocycles. The van der Waals surface area contributed by atoms with Crippen molar-refractivity contribution < 1.29 is 4.74 Å². The molecule has 8 heteroatoms. The number of ether oxygens (including phenoxy) is 1. The Kier molecular flexibility index (Phi) is 3.10. The van der Waals surface area contributed by atoms with Crippen molar-refractivity contribution in [2.75, 3.05) is 0 Å². The van der Waals surface area contributed by atoms with Crippen LogP contribution in [-0.4, -0.2) is 11.8 Å². The second-order valence-corrected chi connectivity index (χ2v) is 5.58. The lowest BCUT2D eigenvalue weighted by Crippen LogP contribution is -2.38. The molecule has 0 aromatic rings. The fraction of sp³-hybridized carbons (Fsp3) is 0.133. The fourth-order valence-corrected chi connectivity index (χ4v) is 2.71. The van der Waals surface area contributed by atoms with Crippen molar-refractivity contribution in [2.45, 2.75) is 6.10 Å². The van der Waals surface area contributed by atoms with Gasteiger partial charge in [-0.2, -0.15) is 0 Å². The summed E-state index contributed by atoms with van der Waals surface area (Å²) in [5, 5.41) is 7.72. The van der Waals surface area contributed by atoms with Crippen molar-refractivity contribution in [3.05, 3.63) is 69.8 Å². The third-order valence-electron chi connectivity index (χ3n) is 4.02. The standard InChI is InChI=1S/C15H19N7O/c16-7-1-5(2-8(17)13(7)21)15-10(19)3-6-11(23-15)4-9(18)14(22)12(6)20/h1-4,6,11,21H,16-20,22H2. The highest BCUT2D eigenvalue weighted by atomic mass is 16.5. The maximum Gasteiger partial charge on any atom is 0.150 e. The van der Waals surface area contributed by atoms with E-state index in [1.807, 2.05) is 0 Å². The van der Waals surface area contributed by atoms with Gasteiger partial charge < -0.3 is 39.1 Å². The molecule has 2 unspecified atom stereocenters. The molecular formula is C15H19N7O. The third-order valence-corrected chi connectivity index (χ3v) is 4.02. The first-order valence-corrected chi connectivity index (χ1v) is 6.94. The van der Waals surface area contributed by atoms with Gasteiger partial charge in [-0.25, -0.2) is 0 Å². The maximum atomic E-state index is 7.72. The van der Waals surface area contributed by atoms with Crippen molar-refractivity contribution in [3.63, 3.8) is 0 Å². The highest BCUT2D eigenvalue weighted by Gasteiger charge is 2.34.